The van der Waals surface area contributed by atoms with Gasteiger partial charge in [-0.1, -0.05) is 31.2 Å². The lowest BCUT2D eigenvalue weighted by Gasteiger charge is -2.17. The maximum Gasteiger partial charge on any atom is 0.168 e. The Bertz CT molecular complexity index is 770. The number of thiophene rings is 1. The predicted octanol–water partition coefficient (Wildman–Crippen LogP) is 5.10. The van der Waals surface area contributed by atoms with Crippen LogP contribution in [0.4, 0.5) is 0 Å². The van der Waals surface area contributed by atoms with Gasteiger partial charge in [-0.3, -0.25) is 4.99 Å². The average Bonchev–Trinajstić information content (AvgIpc) is 3.10. The summed E-state index contributed by atoms with van der Waals surface area (Å²) in [4.78, 5) is 9.92. The molecule has 1 aromatic carbocycles. The van der Waals surface area contributed by atoms with Crippen LogP contribution in [0.2, 0.25) is 0 Å². The van der Waals surface area contributed by atoms with Crippen molar-refractivity contribution in [1.82, 2.24) is 4.90 Å². The number of hydrogen-bond acceptors (Lipinski definition) is 4. The van der Waals surface area contributed by atoms with Gasteiger partial charge in [-0.25, -0.2) is 0 Å². The lowest BCUT2D eigenvalue weighted by molar-refractivity contribution is 0.646. The third-order valence-corrected chi connectivity index (χ3v) is 6.15. The molecule has 0 amide bonds. The van der Waals surface area contributed by atoms with Gasteiger partial charge in [-0.05, 0) is 42.5 Å². The van der Waals surface area contributed by atoms with Gasteiger partial charge in [0, 0.05) is 21.0 Å². The SMILES string of the molecule is CCCC1=C(c2ccc3sc(C)cc3c2)N2CCN=C2S1. The third kappa shape index (κ3) is 2.21. The van der Waals surface area contributed by atoms with Crippen LogP contribution in [0.15, 0.2) is 34.2 Å². The van der Waals surface area contributed by atoms with Gasteiger partial charge in [0.1, 0.15) is 0 Å². The number of hydrogen-bond donors (Lipinski definition) is 0. The van der Waals surface area contributed by atoms with Crippen molar-refractivity contribution in [2.75, 3.05) is 13.1 Å². The number of nitrogens with zero attached hydrogens (tertiary/aromatic N) is 2. The smallest absolute Gasteiger partial charge is 0.168 e. The first-order valence-corrected chi connectivity index (χ1v) is 9.13. The van der Waals surface area contributed by atoms with Gasteiger partial charge in [0.2, 0.25) is 0 Å². The molecule has 0 unspecified atom stereocenters. The molecule has 4 rings (SSSR count). The van der Waals surface area contributed by atoms with Crippen molar-refractivity contribution in [3.8, 4) is 0 Å². The molecule has 0 aliphatic carbocycles. The van der Waals surface area contributed by atoms with Crippen LogP contribution >= 0.6 is 23.1 Å². The van der Waals surface area contributed by atoms with Gasteiger partial charge in [-0.2, -0.15) is 0 Å². The van der Waals surface area contributed by atoms with Gasteiger partial charge in [0.05, 0.1) is 12.2 Å². The largest absolute Gasteiger partial charge is 0.318 e. The van der Waals surface area contributed by atoms with Crippen LogP contribution in [0.1, 0.15) is 30.2 Å². The lowest BCUT2D eigenvalue weighted by Crippen LogP contribution is -2.19. The summed E-state index contributed by atoms with van der Waals surface area (Å²) >= 11 is 3.75. The molecule has 0 bridgehead atoms. The molecule has 2 aliphatic heterocycles. The van der Waals surface area contributed by atoms with Gasteiger partial charge < -0.3 is 4.90 Å². The molecule has 0 atom stereocenters. The number of allylic oxidation sites excluding steroid dienone is 1. The maximum atomic E-state index is 4.64. The van der Waals surface area contributed by atoms with E-state index in [9.17, 15) is 0 Å². The normalized spacial score (nSPS) is 17.8. The summed E-state index contributed by atoms with van der Waals surface area (Å²) in [6, 6.07) is 9.20. The zero-order valence-electron chi connectivity index (χ0n) is 12.3. The fourth-order valence-electron chi connectivity index (χ4n) is 3.07. The zero-order valence-corrected chi connectivity index (χ0v) is 14.0. The molecule has 0 saturated carbocycles. The molecule has 0 N–H and O–H groups in total. The topological polar surface area (TPSA) is 15.6 Å². The van der Waals surface area contributed by atoms with Crippen LogP contribution in [0.25, 0.3) is 15.8 Å². The first-order valence-electron chi connectivity index (χ1n) is 7.50. The molecule has 108 valence electrons. The summed E-state index contributed by atoms with van der Waals surface area (Å²) in [7, 11) is 0. The Hall–Kier alpha value is -1.26. The first kappa shape index (κ1) is 13.4. The highest BCUT2D eigenvalue weighted by Crippen LogP contribution is 2.44. The van der Waals surface area contributed by atoms with Crippen molar-refractivity contribution in [2.45, 2.75) is 26.7 Å². The number of thioether (sulfide) groups is 1. The number of amidine groups is 1. The van der Waals surface area contributed by atoms with E-state index in [2.05, 4.69) is 48.0 Å². The highest BCUT2D eigenvalue weighted by atomic mass is 32.2. The van der Waals surface area contributed by atoms with Crippen LogP contribution in [0.5, 0.6) is 0 Å². The number of fused-ring (bicyclic) bond motifs is 2. The van der Waals surface area contributed by atoms with E-state index in [1.165, 1.54) is 42.7 Å². The van der Waals surface area contributed by atoms with E-state index in [1.807, 2.05) is 23.1 Å². The molecular formula is C17H18N2S2. The van der Waals surface area contributed by atoms with Crippen LogP contribution < -0.4 is 0 Å². The van der Waals surface area contributed by atoms with Crippen molar-refractivity contribution >= 4 is 44.0 Å². The fourth-order valence-corrected chi connectivity index (χ4v) is 5.27. The van der Waals surface area contributed by atoms with Gasteiger partial charge in [0.15, 0.2) is 5.17 Å². The van der Waals surface area contributed by atoms with Crippen LogP contribution in [0.3, 0.4) is 0 Å². The molecule has 0 saturated heterocycles. The summed E-state index contributed by atoms with van der Waals surface area (Å²) in [5.41, 5.74) is 2.76. The van der Waals surface area contributed by atoms with Crippen molar-refractivity contribution in [3.05, 3.63) is 39.6 Å². The van der Waals surface area contributed by atoms with E-state index < -0.39 is 0 Å². The quantitative estimate of drug-likeness (QED) is 0.783. The van der Waals surface area contributed by atoms with Crippen molar-refractivity contribution in [3.63, 3.8) is 0 Å². The van der Waals surface area contributed by atoms with Crippen LogP contribution in [-0.2, 0) is 0 Å². The van der Waals surface area contributed by atoms with Crippen molar-refractivity contribution in [2.24, 2.45) is 4.99 Å². The standard InChI is InChI=1S/C17H18N2S2/c1-3-4-15-16(19-8-7-18-17(19)21-15)12-5-6-14-13(10-12)9-11(2)20-14/h5-6,9-10H,3-4,7-8H2,1-2H3. The maximum absolute atomic E-state index is 4.64. The average molecular weight is 314 g/mol. The highest BCUT2D eigenvalue weighted by Gasteiger charge is 2.32. The first-order chi connectivity index (χ1) is 10.3. The molecule has 0 radical (unpaired) electrons. The number of benzene rings is 1. The van der Waals surface area contributed by atoms with Gasteiger partial charge >= 0.3 is 0 Å². The predicted molar refractivity (Wildman–Crippen MR) is 95.0 cm³/mol. The van der Waals surface area contributed by atoms with Crippen LogP contribution in [0, 0.1) is 6.92 Å². The second-order valence-electron chi connectivity index (χ2n) is 5.55. The Labute approximate surface area is 133 Å². The number of aryl methyl sites for hydroxylation is 1. The van der Waals surface area contributed by atoms with E-state index in [1.54, 1.807) is 0 Å². The number of aliphatic imine (C=N–C) groups is 1. The van der Waals surface area contributed by atoms with Gasteiger partial charge in [0.25, 0.3) is 0 Å². The molecule has 2 aliphatic rings. The Morgan fingerprint density at radius 3 is 3.05 bits per heavy atom. The van der Waals surface area contributed by atoms with Gasteiger partial charge in [-0.15, -0.1) is 11.3 Å². The molecular weight excluding hydrogens is 296 g/mol. The van der Waals surface area contributed by atoms with Crippen LogP contribution in [-0.4, -0.2) is 23.2 Å². The Morgan fingerprint density at radius 2 is 2.19 bits per heavy atom. The molecule has 0 fully saturated rings. The lowest BCUT2D eigenvalue weighted by atomic mass is 10.1. The highest BCUT2D eigenvalue weighted by molar-refractivity contribution is 8.17. The Balaban J connectivity index is 1.83. The molecule has 2 nitrogen and oxygen atoms in total. The zero-order chi connectivity index (χ0) is 14.4. The molecule has 3 heterocycles. The molecule has 4 heteroatoms. The molecule has 0 spiro atoms. The molecule has 2 aromatic rings. The third-order valence-electron chi connectivity index (χ3n) is 3.94. The van der Waals surface area contributed by atoms with E-state index in [0.717, 1.165) is 19.5 Å². The van der Waals surface area contributed by atoms with E-state index in [0.29, 0.717) is 0 Å². The van der Waals surface area contributed by atoms with E-state index in [-0.39, 0.29) is 0 Å². The molecule has 21 heavy (non-hydrogen) atoms. The van der Waals surface area contributed by atoms with Crippen molar-refractivity contribution in [1.29, 1.82) is 0 Å². The molecule has 1 aromatic heterocycles. The number of rotatable bonds is 3. The van der Waals surface area contributed by atoms with Crippen molar-refractivity contribution < 1.29 is 0 Å². The summed E-state index contributed by atoms with van der Waals surface area (Å²) in [6.07, 6.45) is 2.34. The Kier molecular flexibility index (Phi) is 3.31. The summed E-state index contributed by atoms with van der Waals surface area (Å²) in [6.45, 7) is 6.40. The summed E-state index contributed by atoms with van der Waals surface area (Å²) < 4.78 is 1.38. The monoisotopic (exact) mass is 314 g/mol. The van der Waals surface area contributed by atoms with E-state index in [4.69, 9.17) is 0 Å². The summed E-state index contributed by atoms with van der Waals surface area (Å²) in [5.74, 6) is 0. The Morgan fingerprint density at radius 1 is 1.29 bits per heavy atom. The second-order valence-corrected chi connectivity index (χ2v) is 7.90. The second kappa shape index (κ2) is 5.18. The summed E-state index contributed by atoms with van der Waals surface area (Å²) in [5, 5.41) is 2.57. The minimum absolute atomic E-state index is 0.936. The fraction of sp³-hybridized carbons (Fsp3) is 0.353. The van der Waals surface area contributed by atoms with E-state index >= 15 is 0 Å². The minimum Gasteiger partial charge on any atom is -0.318 e. The minimum atomic E-state index is 0.936.